The number of imidazole rings is 1. The van der Waals surface area contributed by atoms with Crippen LogP contribution in [0.3, 0.4) is 0 Å². The predicted molar refractivity (Wildman–Crippen MR) is 319 cm³/mol. The molecule has 0 bridgehead atoms. The zero-order valence-corrected chi connectivity index (χ0v) is 47.2. The smallest absolute Gasteiger partial charge is 0.353 e. The van der Waals surface area contributed by atoms with Crippen LogP contribution in [0, 0.1) is 0 Å². The van der Waals surface area contributed by atoms with Gasteiger partial charge in [0.05, 0.1) is 38.8 Å². The molecule has 8 rings (SSSR count). The van der Waals surface area contributed by atoms with Crippen LogP contribution < -0.4 is 5.32 Å². The summed E-state index contributed by atoms with van der Waals surface area (Å²) in [7, 11) is -4.25. The van der Waals surface area contributed by atoms with Gasteiger partial charge in [-0.1, -0.05) is 285 Å². The number of fused-ring (bicyclic) bond motifs is 1. The number of unbranched alkanes of at least 4 members (excludes halogenated alkanes) is 15. The lowest BCUT2D eigenvalue weighted by Crippen LogP contribution is -2.38. The van der Waals surface area contributed by atoms with Crippen molar-refractivity contribution in [1.82, 2.24) is 19.5 Å². The van der Waals surface area contributed by atoms with Gasteiger partial charge >= 0.3 is 7.60 Å². The van der Waals surface area contributed by atoms with Crippen molar-refractivity contribution < 1.29 is 28.2 Å². The molecule has 6 aromatic carbocycles. The first-order valence-corrected chi connectivity index (χ1v) is 30.8. The lowest BCUT2D eigenvalue weighted by Gasteiger charge is -2.37. The third kappa shape index (κ3) is 16.6. The van der Waals surface area contributed by atoms with Crippen LogP contribution in [0.4, 0.5) is 5.82 Å². The van der Waals surface area contributed by atoms with Crippen molar-refractivity contribution in [2.24, 2.45) is 0 Å². The van der Waals surface area contributed by atoms with Gasteiger partial charge in [0.1, 0.15) is 29.3 Å². The molecule has 0 saturated heterocycles. The van der Waals surface area contributed by atoms with Crippen LogP contribution in [-0.2, 0) is 41.0 Å². The van der Waals surface area contributed by atoms with E-state index in [2.05, 4.69) is 85.0 Å². The SMILES string of the molecule is CCCCCCCCCCCCCCCCCCOCCOP(=O)(O)CO[C@H](COC(c1ccccc1)(c1ccccc1)c1ccccc1)Cn1cnc2c(NC(c3ccccc3)(c3ccccc3)c3ccccc3)ncnc21. The Morgan fingerprint density at radius 2 is 0.937 bits per heavy atom. The molecule has 0 saturated carbocycles. The van der Waals surface area contributed by atoms with Crippen molar-refractivity contribution in [3.05, 3.63) is 228 Å². The lowest BCUT2D eigenvalue weighted by molar-refractivity contribution is -0.0631. The van der Waals surface area contributed by atoms with Gasteiger partial charge in [0.25, 0.3) is 0 Å². The van der Waals surface area contributed by atoms with Crippen molar-refractivity contribution in [1.29, 1.82) is 0 Å². The summed E-state index contributed by atoms with van der Waals surface area (Å²) in [6.45, 7) is 3.19. The van der Waals surface area contributed by atoms with Crippen LogP contribution in [0.1, 0.15) is 143 Å². The second-order valence-electron chi connectivity index (χ2n) is 20.7. The standard InChI is InChI=1S/C67H82N5O6P/c1-2-3-4-5-6-7-8-9-10-11-12-13-14-15-16-35-48-75-49-50-78-79(73,74)55-76-62(52-77-67(59-42-29-20-30-43-59,60-44-31-21-32-45-60)61-46-33-22-34-47-61)51-72-54-70-63-64(68-53-69-65(63)72)71-66(56-36-23-17-24-37-56,57-38-25-18-26-39-57)58-40-27-19-28-41-58/h17-34,36-47,53-54,62H,2-16,35,48-52,55H2,1H3,(H,73,74)(H,68,69,71)/t62-/m0/s1. The summed E-state index contributed by atoms with van der Waals surface area (Å²) in [5, 5.41) is 3.88. The first kappa shape index (κ1) is 58.8. The quantitative estimate of drug-likeness (QED) is 0.0221. The molecule has 1 unspecified atom stereocenters. The number of anilines is 1. The summed E-state index contributed by atoms with van der Waals surface area (Å²) in [4.78, 5) is 25.8. The fourth-order valence-corrected chi connectivity index (χ4v) is 11.6. The Labute approximate surface area is 469 Å². The first-order valence-electron chi connectivity index (χ1n) is 29.0. The van der Waals surface area contributed by atoms with Gasteiger partial charge in [-0.15, -0.1) is 0 Å². The van der Waals surface area contributed by atoms with E-state index in [0.29, 0.717) is 23.6 Å². The topological polar surface area (TPSA) is 130 Å². The maximum absolute atomic E-state index is 13.8. The minimum absolute atomic E-state index is 0.00387. The third-order valence-electron chi connectivity index (χ3n) is 14.9. The normalized spacial score (nSPS) is 13.1. The van der Waals surface area contributed by atoms with Gasteiger partial charge < -0.3 is 33.5 Å². The number of aromatic nitrogens is 4. The van der Waals surface area contributed by atoms with E-state index in [1.165, 1.54) is 96.2 Å². The summed E-state index contributed by atoms with van der Waals surface area (Å²) in [6, 6.07) is 61.3. The highest BCUT2D eigenvalue weighted by Gasteiger charge is 2.40. The molecule has 416 valence electrons. The molecule has 2 aromatic heterocycles. The van der Waals surface area contributed by atoms with Crippen LogP contribution in [0.15, 0.2) is 195 Å². The Morgan fingerprint density at radius 3 is 1.38 bits per heavy atom. The summed E-state index contributed by atoms with van der Waals surface area (Å²) in [5.41, 5.74) is 4.91. The van der Waals surface area contributed by atoms with Crippen LogP contribution in [0.25, 0.3) is 11.2 Å². The molecular formula is C67H82N5O6P. The van der Waals surface area contributed by atoms with Crippen molar-refractivity contribution in [3.8, 4) is 0 Å². The molecular weight excluding hydrogens is 1000 g/mol. The lowest BCUT2D eigenvalue weighted by atomic mass is 9.77. The summed E-state index contributed by atoms with van der Waals surface area (Å²) >= 11 is 0. The molecule has 11 nitrogen and oxygen atoms in total. The van der Waals surface area contributed by atoms with Gasteiger partial charge in [-0.2, -0.15) is 0 Å². The van der Waals surface area contributed by atoms with Gasteiger partial charge in [-0.25, -0.2) is 15.0 Å². The monoisotopic (exact) mass is 1080 g/mol. The molecule has 2 N–H and O–H groups in total. The van der Waals surface area contributed by atoms with Gasteiger partial charge in [0.15, 0.2) is 11.5 Å². The van der Waals surface area contributed by atoms with E-state index in [9.17, 15) is 9.46 Å². The maximum atomic E-state index is 13.8. The molecule has 2 atom stereocenters. The van der Waals surface area contributed by atoms with E-state index < -0.39 is 31.2 Å². The molecule has 0 spiro atoms. The first-order chi connectivity index (χ1) is 38.9. The molecule has 12 heteroatoms. The van der Waals surface area contributed by atoms with Gasteiger partial charge in [-0.3, -0.25) is 4.57 Å². The predicted octanol–water partition coefficient (Wildman–Crippen LogP) is 16.1. The van der Waals surface area contributed by atoms with E-state index in [1.54, 1.807) is 6.33 Å². The highest BCUT2D eigenvalue weighted by molar-refractivity contribution is 7.52. The Hall–Kier alpha value is -6.30. The molecule has 0 aliphatic heterocycles. The minimum atomic E-state index is -4.25. The molecule has 8 aromatic rings. The Morgan fingerprint density at radius 1 is 0.519 bits per heavy atom. The van der Waals surface area contributed by atoms with Crippen molar-refractivity contribution in [2.75, 3.05) is 38.1 Å². The second-order valence-corrected chi connectivity index (χ2v) is 22.5. The fraction of sp³-hybridized carbons (Fsp3) is 0.388. The molecule has 2 heterocycles. The summed E-state index contributed by atoms with van der Waals surface area (Å²) in [5.74, 6) is 0.524. The Bertz CT molecular complexity index is 2780. The number of nitrogens with zero attached hydrogens (tertiary/aromatic N) is 4. The van der Waals surface area contributed by atoms with Gasteiger partial charge in [-0.05, 0) is 39.8 Å². The highest BCUT2D eigenvalue weighted by atomic mass is 31.2. The number of rotatable bonds is 37. The largest absolute Gasteiger partial charge is 0.379 e. The third-order valence-corrected chi connectivity index (χ3v) is 16.0. The minimum Gasteiger partial charge on any atom is -0.379 e. The van der Waals surface area contributed by atoms with Gasteiger partial charge in [0.2, 0.25) is 0 Å². The average Bonchev–Trinajstić information content (AvgIpc) is 4.08. The number of ether oxygens (including phenoxy) is 3. The van der Waals surface area contributed by atoms with Crippen molar-refractivity contribution >= 4 is 24.6 Å². The zero-order chi connectivity index (χ0) is 54.7. The van der Waals surface area contributed by atoms with Gasteiger partial charge in [0, 0.05) is 6.61 Å². The van der Waals surface area contributed by atoms with E-state index in [1.807, 2.05) is 114 Å². The van der Waals surface area contributed by atoms with Crippen LogP contribution >= 0.6 is 7.60 Å². The fourth-order valence-electron chi connectivity index (χ4n) is 10.8. The molecule has 0 radical (unpaired) electrons. The number of benzene rings is 6. The second kappa shape index (κ2) is 31.5. The highest BCUT2D eigenvalue weighted by Crippen LogP contribution is 2.44. The van der Waals surface area contributed by atoms with E-state index >= 15 is 0 Å². The van der Waals surface area contributed by atoms with Crippen molar-refractivity contribution in [2.45, 2.75) is 133 Å². The molecule has 0 aliphatic carbocycles. The number of nitrogens with one attached hydrogen (secondary N) is 1. The van der Waals surface area contributed by atoms with Crippen LogP contribution in [0.2, 0.25) is 0 Å². The average molecular weight is 1080 g/mol. The van der Waals surface area contributed by atoms with E-state index in [4.69, 9.17) is 33.7 Å². The molecule has 0 fully saturated rings. The van der Waals surface area contributed by atoms with E-state index in [0.717, 1.165) is 46.2 Å². The van der Waals surface area contributed by atoms with E-state index in [-0.39, 0.29) is 26.4 Å². The number of hydrogen-bond donors (Lipinski definition) is 2. The Balaban J connectivity index is 0.946. The maximum Gasteiger partial charge on any atom is 0.353 e. The summed E-state index contributed by atoms with van der Waals surface area (Å²) in [6.07, 6.45) is 22.8. The molecule has 79 heavy (non-hydrogen) atoms. The van der Waals surface area contributed by atoms with Crippen LogP contribution in [0.5, 0.6) is 0 Å². The van der Waals surface area contributed by atoms with Crippen LogP contribution in [-0.4, -0.2) is 63.3 Å². The van der Waals surface area contributed by atoms with Crippen molar-refractivity contribution in [3.63, 3.8) is 0 Å². The molecule has 0 aliphatic rings. The molecule has 0 amide bonds. The zero-order valence-electron chi connectivity index (χ0n) is 46.3. The number of hydrogen-bond acceptors (Lipinski definition) is 9. The Kier molecular flexibility index (Phi) is 23.4. The summed E-state index contributed by atoms with van der Waals surface area (Å²) < 4.78 is 40.9.